The topological polar surface area (TPSA) is 127 Å². The van der Waals surface area contributed by atoms with Crippen LogP contribution in [0.15, 0.2) is 76.6 Å². The van der Waals surface area contributed by atoms with E-state index in [0.717, 1.165) is 11.3 Å². The third kappa shape index (κ3) is 5.68. The molecule has 2 aliphatic heterocycles. The van der Waals surface area contributed by atoms with Crippen LogP contribution in [0, 0.1) is 5.92 Å². The Balaban J connectivity index is 1.29. The lowest BCUT2D eigenvalue weighted by Crippen LogP contribution is -2.32. The summed E-state index contributed by atoms with van der Waals surface area (Å²) in [4.78, 5) is 57.1. The number of ether oxygens (including phenoxy) is 3. The summed E-state index contributed by atoms with van der Waals surface area (Å²) in [5.74, 6) is -1.08. The minimum absolute atomic E-state index is 0.269. The molecule has 0 spiro atoms. The van der Waals surface area contributed by atoms with Crippen molar-refractivity contribution in [3.05, 3.63) is 91.9 Å². The first kappa shape index (κ1) is 29.8. The zero-order valence-electron chi connectivity index (χ0n) is 23.5. The van der Waals surface area contributed by atoms with E-state index >= 15 is 0 Å². The van der Waals surface area contributed by atoms with Gasteiger partial charge in [0.15, 0.2) is 18.1 Å². The molecule has 0 saturated carbocycles. The van der Waals surface area contributed by atoms with Gasteiger partial charge in [-0.2, -0.15) is 0 Å². The molecule has 3 aromatic carbocycles. The standard InChI is InChI=1S/C31H26ClN3O7S2/c1-3-41-22-14-16(4-13-21(22)42-15-23(36)33-18-7-11-20(40-2)12-8-18)24-25-27(43-28-26(24)44-31(39)34-28)30(38)35(29(25)37)19-9-5-17(32)6-10-19/h4-14,24-25,27H,3,15H2,1-2H3,(H,33,36)(H,34,39)/t24-,25-,27+/m0/s1. The fraction of sp³-hybridized carbons (Fsp3) is 0.226. The lowest BCUT2D eigenvalue weighted by atomic mass is 9.83. The molecule has 10 nitrogen and oxygen atoms in total. The van der Waals surface area contributed by atoms with E-state index in [-0.39, 0.29) is 29.2 Å². The van der Waals surface area contributed by atoms with Gasteiger partial charge in [0.2, 0.25) is 11.8 Å². The number of benzene rings is 3. The van der Waals surface area contributed by atoms with Gasteiger partial charge in [0.25, 0.3) is 5.91 Å². The molecule has 1 aromatic heterocycles. The van der Waals surface area contributed by atoms with Crippen molar-refractivity contribution in [2.75, 3.05) is 30.5 Å². The summed E-state index contributed by atoms with van der Waals surface area (Å²) >= 11 is 8.27. The Labute approximate surface area is 265 Å². The third-order valence-electron chi connectivity index (χ3n) is 7.27. The summed E-state index contributed by atoms with van der Waals surface area (Å²) in [7, 11) is 1.56. The van der Waals surface area contributed by atoms with Crippen LogP contribution in [-0.4, -0.2) is 48.3 Å². The fourth-order valence-corrected chi connectivity index (χ4v) is 7.98. The molecule has 6 rings (SSSR count). The Morgan fingerprint density at radius 3 is 2.43 bits per heavy atom. The predicted octanol–water partition coefficient (Wildman–Crippen LogP) is 5.31. The van der Waals surface area contributed by atoms with Gasteiger partial charge in [0, 0.05) is 21.5 Å². The largest absolute Gasteiger partial charge is 0.497 e. The Kier molecular flexibility index (Phi) is 8.39. The number of aromatic nitrogens is 1. The first-order valence-electron chi connectivity index (χ1n) is 13.6. The molecule has 1 fully saturated rings. The number of halogens is 1. The summed E-state index contributed by atoms with van der Waals surface area (Å²) in [5.41, 5.74) is 1.70. The number of anilines is 2. The molecule has 0 unspecified atom stereocenters. The number of aromatic amines is 1. The van der Waals surface area contributed by atoms with E-state index in [1.54, 1.807) is 73.8 Å². The third-order valence-corrected chi connectivity index (χ3v) is 9.92. The van der Waals surface area contributed by atoms with Crippen molar-refractivity contribution in [1.82, 2.24) is 4.98 Å². The molecule has 0 aliphatic carbocycles. The van der Waals surface area contributed by atoms with E-state index < -0.39 is 17.1 Å². The number of imide groups is 1. The first-order valence-corrected chi connectivity index (χ1v) is 15.7. The Morgan fingerprint density at radius 1 is 0.977 bits per heavy atom. The second kappa shape index (κ2) is 12.4. The van der Waals surface area contributed by atoms with E-state index in [4.69, 9.17) is 25.8 Å². The number of thioether (sulfide) groups is 1. The Morgan fingerprint density at radius 2 is 1.73 bits per heavy atom. The highest BCUT2D eigenvalue weighted by Crippen LogP contribution is 2.53. The zero-order chi connectivity index (χ0) is 31.0. The van der Waals surface area contributed by atoms with Crippen molar-refractivity contribution in [2.24, 2.45) is 5.92 Å². The van der Waals surface area contributed by atoms with E-state index in [1.807, 2.05) is 6.92 Å². The van der Waals surface area contributed by atoms with Crippen molar-refractivity contribution in [3.8, 4) is 17.2 Å². The zero-order valence-corrected chi connectivity index (χ0v) is 25.9. The molecule has 0 bridgehead atoms. The number of nitrogens with one attached hydrogen (secondary N) is 2. The molecule has 13 heteroatoms. The Hall–Kier alpha value is -4.26. The molecule has 3 amide bonds. The van der Waals surface area contributed by atoms with Crippen LogP contribution in [0.2, 0.25) is 5.02 Å². The lowest BCUT2D eigenvalue weighted by molar-refractivity contribution is -0.122. The smallest absolute Gasteiger partial charge is 0.305 e. The van der Waals surface area contributed by atoms with Gasteiger partial charge >= 0.3 is 4.87 Å². The summed E-state index contributed by atoms with van der Waals surface area (Å²) < 4.78 is 16.9. The number of nitrogens with zero attached hydrogens (tertiary/aromatic N) is 1. The summed E-state index contributed by atoms with van der Waals surface area (Å²) in [5, 5.41) is 3.08. The number of carbonyl (C=O) groups is 3. The number of thiazole rings is 1. The van der Waals surface area contributed by atoms with Crippen LogP contribution in [0.1, 0.15) is 23.3 Å². The van der Waals surface area contributed by atoms with Crippen molar-refractivity contribution >= 4 is 63.8 Å². The van der Waals surface area contributed by atoms with Gasteiger partial charge in [-0.3, -0.25) is 19.2 Å². The highest BCUT2D eigenvalue weighted by Gasteiger charge is 2.56. The maximum atomic E-state index is 13.9. The lowest BCUT2D eigenvalue weighted by Gasteiger charge is -2.30. The van der Waals surface area contributed by atoms with Gasteiger partial charge in [0.05, 0.1) is 30.3 Å². The first-order chi connectivity index (χ1) is 21.3. The molecule has 2 aliphatic rings. The monoisotopic (exact) mass is 651 g/mol. The van der Waals surface area contributed by atoms with Crippen molar-refractivity contribution in [1.29, 1.82) is 0 Å². The van der Waals surface area contributed by atoms with Gasteiger partial charge in [-0.25, -0.2) is 4.90 Å². The van der Waals surface area contributed by atoms with Crippen LogP contribution in [-0.2, 0) is 14.4 Å². The number of hydrogen-bond acceptors (Lipinski definition) is 9. The molecule has 4 aromatic rings. The van der Waals surface area contributed by atoms with Crippen LogP contribution in [0.3, 0.4) is 0 Å². The number of H-pyrrole nitrogens is 1. The minimum Gasteiger partial charge on any atom is -0.497 e. The SMILES string of the molecule is CCOc1cc([C@@H]2c3sc(=O)[nH]c3S[C@H]3C(=O)N(c4ccc(Cl)cc4)C(=O)[C@@H]23)ccc1OCC(=O)Nc1ccc(OC)cc1. The minimum atomic E-state index is -0.765. The van der Waals surface area contributed by atoms with Gasteiger partial charge in [-0.1, -0.05) is 40.8 Å². The van der Waals surface area contributed by atoms with Crippen LogP contribution < -0.4 is 29.3 Å². The van der Waals surface area contributed by atoms with Crippen LogP contribution in [0.4, 0.5) is 11.4 Å². The average Bonchev–Trinajstić information content (AvgIpc) is 3.51. The van der Waals surface area contributed by atoms with Crippen LogP contribution >= 0.6 is 34.7 Å². The predicted molar refractivity (Wildman–Crippen MR) is 169 cm³/mol. The molecule has 3 atom stereocenters. The molecule has 3 heterocycles. The second-order valence-electron chi connectivity index (χ2n) is 9.94. The second-order valence-corrected chi connectivity index (χ2v) is 12.5. The molecular weight excluding hydrogens is 626 g/mol. The van der Waals surface area contributed by atoms with Gasteiger partial charge in [-0.15, -0.1) is 0 Å². The molecule has 0 radical (unpaired) electrons. The van der Waals surface area contributed by atoms with Crippen molar-refractivity contribution < 1.29 is 28.6 Å². The fourth-order valence-electron chi connectivity index (χ4n) is 5.34. The van der Waals surface area contributed by atoms with Crippen LogP contribution in [0.25, 0.3) is 0 Å². The highest BCUT2D eigenvalue weighted by molar-refractivity contribution is 8.00. The number of carbonyl (C=O) groups excluding carboxylic acids is 3. The molecule has 44 heavy (non-hydrogen) atoms. The molecular formula is C31H26ClN3O7S2. The number of rotatable bonds is 9. The quantitative estimate of drug-likeness (QED) is 0.233. The highest BCUT2D eigenvalue weighted by atomic mass is 35.5. The van der Waals surface area contributed by atoms with Crippen molar-refractivity contribution in [3.63, 3.8) is 0 Å². The number of hydrogen-bond donors (Lipinski definition) is 2. The van der Waals surface area contributed by atoms with Crippen LogP contribution in [0.5, 0.6) is 17.2 Å². The summed E-state index contributed by atoms with van der Waals surface area (Å²) in [6.45, 7) is 1.86. The average molecular weight is 652 g/mol. The number of amides is 3. The number of fused-ring (bicyclic) bond motifs is 2. The van der Waals surface area contributed by atoms with Gasteiger partial charge in [0.1, 0.15) is 11.0 Å². The molecule has 1 saturated heterocycles. The van der Waals surface area contributed by atoms with Gasteiger partial charge in [-0.05, 0) is 73.2 Å². The normalized spacial score (nSPS) is 18.9. The van der Waals surface area contributed by atoms with Gasteiger partial charge < -0.3 is 24.5 Å². The van der Waals surface area contributed by atoms with E-state index in [9.17, 15) is 19.2 Å². The summed E-state index contributed by atoms with van der Waals surface area (Å²) in [6.07, 6.45) is 0. The van der Waals surface area contributed by atoms with Crippen molar-refractivity contribution in [2.45, 2.75) is 23.1 Å². The number of methoxy groups -OCH3 is 1. The van der Waals surface area contributed by atoms with E-state index in [2.05, 4.69) is 10.3 Å². The summed E-state index contributed by atoms with van der Waals surface area (Å²) in [6, 6.07) is 18.6. The molecule has 226 valence electrons. The molecule has 2 N–H and O–H groups in total. The Bertz CT molecular complexity index is 1790. The maximum absolute atomic E-state index is 13.9. The van der Waals surface area contributed by atoms with E-state index in [1.165, 1.54) is 16.7 Å². The van der Waals surface area contributed by atoms with E-state index in [0.29, 0.717) is 55.7 Å². The maximum Gasteiger partial charge on any atom is 0.305 e.